The van der Waals surface area contributed by atoms with Gasteiger partial charge in [-0.25, -0.2) is 0 Å². The van der Waals surface area contributed by atoms with Crippen LogP contribution in [0, 0.1) is 22.7 Å². The second-order valence-electron chi connectivity index (χ2n) is 8.73. The molecule has 1 saturated heterocycles. The lowest BCUT2D eigenvalue weighted by molar-refractivity contribution is 0.139. The fourth-order valence-corrected chi connectivity index (χ4v) is 3.25. The van der Waals surface area contributed by atoms with E-state index >= 15 is 0 Å². The molecule has 1 nitrogen and oxygen atoms in total. The van der Waals surface area contributed by atoms with Crippen LogP contribution in [0.15, 0.2) is 0 Å². The van der Waals surface area contributed by atoms with Gasteiger partial charge in [0.2, 0.25) is 0 Å². The quantitative estimate of drug-likeness (QED) is 0.676. The maximum absolute atomic E-state index is 2.51. The lowest BCUT2D eigenvalue weighted by Crippen LogP contribution is -2.28. The van der Waals surface area contributed by atoms with Crippen molar-refractivity contribution >= 4 is 0 Å². The molecule has 0 aliphatic carbocycles. The summed E-state index contributed by atoms with van der Waals surface area (Å²) in [6, 6.07) is 0. The Kier molecular flexibility index (Phi) is 5.92. The van der Waals surface area contributed by atoms with Gasteiger partial charge in [-0.1, -0.05) is 41.5 Å². The van der Waals surface area contributed by atoms with Gasteiger partial charge in [-0.2, -0.15) is 0 Å². The van der Waals surface area contributed by atoms with Crippen LogP contribution < -0.4 is 0 Å². The Morgan fingerprint density at radius 2 is 1.68 bits per heavy atom. The predicted molar refractivity (Wildman–Crippen MR) is 86.5 cm³/mol. The SMILES string of the molecule is CC(CCC(C)(C)C1CCCN(C)CC1)C(C)(C)C. The van der Waals surface area contributed by atoms with Crippen LogP contribution in [0.25, 0.3) is 0 Å². The van der Waals surface area contributed by atoms with Crippen molar-refractivity contribution in [2.75, 3.05) is 20.1 Å². The van der Waals surface area contributed by atoms with E-state index in [0.717, 1.165) is 11.8 Å². The summed E-state index contributed by atoms with van der Waals surface area (Å²) in [4.78, 5) is 2.51. The topological polar surface area (TPSA) is 3.24 Å². The predicted octanol–water partition coefficient (Wildman–Crippen LogP) is 5.21. The molecule has 1 aliphatic rings. The molecule has 114 valence electrons. The van der Waals surface area contributed by atoms with E-state index in [-0.39, 0.29) is 0 Å². The van der Waals surface area contributed by atoms with Crippen molar-refractivity contribution in [1.82, 2.24) is 4.90 Å². The molecule has 1 heterocycles. The van der Waals surface area contributed by atoms with Crippen molar-refractivity contribution in [2.24, 2.45) is 22.7 Å². The molecule has 1 aliphatic heterocycles. The zero-order valence-electron chi connectivity index (χ0n) is 14.6. The van der Waals surface area contributed by atoms with Gasteiger partial charge in [0.25, 0.3) is 0 Å². The van der Waals surface area contributed by atoms with Crippen molar-refractivity contribution in [3.05, 3.63) is 0 Å². The average molecular weight is 268 g/mol. The summed E-state index contributed by atoms with van der Waals surface area (Å²) < 4.78 is 0. The number of rotatable bonds is 4. The molecule has 1 fully saturated rings. The monoisotopic (exact) mass is 267 g/mol. The molecular weight excluding hydrogens is 230 g/mol. The van der Waals surface area contributed by atoms with E-state index in [1.807, 2.05) is 0 Å². The zero-order chi connectivity index (χ0) is 14.7. The molecule has 2 atom stereocenters. The molecule has 0 aromatic rings. The molecule has 0 aromatic heterocycles. The Labute approximate surface area is 122 Å². The van der Waals surface area contributed by atoms with E-state index in [4.69, 9.17) is 0 Å². The summed E-state index contributed by atoms with van der Waals surface area (Å²) in [5.41, 5.74) is 0.977. The fourth-order valence-electron chi connectivity index (χ4n) is 3.25. The largest absolute Gasteiger partial charge is 0.306 e. The van der Waals surface area contributed by atoms with Crippen molar-refractivity contribution < 1.29 is 0 Å². The fraction of sp³-hybridized carbons (Fsp3) is 1.00. The molecular formula is C18H37N. The van der Waals surface area contributed by atoms with E-state index in [1.54, 1.807) is 0 Å². The summed E-state index contributed by atoms with van der Waals surface area (Å²) in [7, 11) is 2.27. The van der Waals surface area contributed by atoms with Gasteiger partial charge in [0.1, 0.15) is 0 Å². The summed E-state index contributed by atoms with van der Waals surface area (Å²) in [5, 5.41) is 0. The minimum Gasteiger partial charge on any atom is -0.306 e. The third-order valence-electron chi connectivity index (χ3n) is 5.76. The molecule has 0 spiro atoms. The van der Waals surface area contributed by atoms with Gasteiger partial charge < -0.3 is 4.90 Å². The standard InChI is InChI=1S/C18H37N/c1-15(17(2,3)4)10-12-18(5,6)16-9-8-13-19(7)14-11-16/h15-16H,8-14H2,1-7H3. The van der Waals surface area contributed by atoms with Gasteiger partial charge in [0, 0.05) is 0 Å². The van der Waals surface area contributed by atoms with Crippen LogP contribution in [0.4, 0.5) is 0 Å². The molecule has 0 amide bonds. The highest BCUT2D eigenvalue weighted by Crippen LogP contribution is 2.41. The van der Waals surface area contributed by atoms with Gasteiger partial charge in [-0.3, -0.25) is 0 Å². The van der Waals surface area contributed by atoms with Crippen molar-refractivity contribution in [2.45, 2.75) is 73.6 Å². The van der Waals surface area contributed by atoms with E-state index in [9.17, 15) is 0 Å². The normalized spacial score (nSPS) is 25.1. The summed E-state index contributed by atoms with van der Waals surface area (Å²) in [5.74, 6) is 1.74. The molecule has 2 unspecified atom stereocenters. The van der Waals surface area contributed by atoms with Crippen molar-refractivity contribution in [1.29, 1.82) is 0 Å². The van der Waals surface area contributed by atoms with Crippen LogP contribution >= 0.6 is 0 Å². The molecule has 1 heteroatoms. The third-order valence-corrected chi connectivity index (χ3v) is 5.76. The lowest BCUT2D eigenvalue weighted by Gasteiger charge is -2.37. The van der Waals surface area contributed by atoms with Crippen LogP contribution in [-0.4, -0.2) is 25.0 Å². The Bertz CT molecular complexity index is 261. The highest BCUT2D eigenvalue weighted by Gasteiger charge is 2.32. The van der Waals surface area contributed by atoms with Gasteiger partial charge in [0.05, 0.1) is 0 Å². The Morgan fingerprint density at radius 1 is 1.05 bits per heavy atom. The van der Waals surface area contributed by atoms with Crippen LogP contribution in [0.5, 0.6) is 0 Å². The Morgan fingerprint density at radius 3 is 2.26 bits per heavy atom. The molecule has 0 aromatic carbocycles. The minimum absolute atomic E-state index is 0.458. The first-order valence-corrected chi connectivity index (χ1v) is 8.31. The van der Waals surface area contributed by atoms with Crippen LogP contribution in [0.2, 0.25) is 0 Å². The molecule has 0 N–H and O–H groups in total. The van der Waals surface area contributed by atoms with Crippen LogP contribution in [-0.2, 0) is 0 Å². The molecule has 0 bridgehead atoms. The molecule has 0 saturated carbocycles. The number of nitrogens with zero attached hydrogens (tertiary/aromatic N) is 1. The van der Waals surface area contributed by atoms with E-state index < -0.39 is 0 Å². The smallest absolute Gasteiger partial charge is 0.00189 e. The molecule has 19 heavy (non-hydrogen) atoms. The van der Waals surface area contributed by atoms with E-state index in [0.29, 0.717) is 10.8 Å². The summed E-state index contributed by atoms with van der Waals surface area (Å²) in [6.45, 7) is 17.2. The first-order valence-electron chi connectivity index (χ1n) is 8.31. The minimum atomic E-state index is 0.458. The maximum atomic E-state index is 2.51. The van der Waals surface area contributed by atoms with Crippen LogP contribution in [0.3, 0.4) is 0 Å². The van der Waals surface area contributed by atoms with Crippen molar-refractivity contribution in [3.8, 4) is 0 Å². The second-order valence-corrected chi connectivity index (χ2v) is 8.73. The van der Waals surface area contributed by atoms with Gasteiger partial charge in [-0.15, -0.1) is 0 Å². The molecule has 0 radical (unpaired) electrons. The lowest BCUT2D eigenvalue weighted by atomic mass is 9.69. The number of hydrogen-bond acceptors (Lipinski definition) is 1. The number of likely N-dealkylation sites (tertiary alicyclic amines) is 1. The van der Waals surface area contributed by atoms with Gasteiger partial charge in [0.15, 0.2) is 0 Å². The van der Waals surface area contributed by atoms with Crippen molar-refractivity contribution in [3.63, 3.8) is 0 Å². The van der Waals surface area contributed by atoms with E-state index in [2.05, 4.69) is 53.5 Å². The Hall–Kier alpha value is -0.0400. The Balaban J connectivity index is 2.50. The maximum Gasteiger partial charge on any atom is -0.00189 e. The highest BCUT2D eigenvalue weighted by molar-refractivity contribution is 4.83. The molecule has 1 rings (SSSR count). The second kappa shape index (κ2) is 6.61. The average Bonchev–Trinajstić information content (AvgIpc) is 2.50. The zero-order valence-corrected chi connectivity index (χ0v) is 14.6. The summed E-state index contributed by atoms with van der Waals surface area (Å²) >= 11 is 0. The van der Waals surface area contributed by atoms with Gasteiger partial charge in [-0.05, 0) is 74.9 Å². The van der Waals surface area contributed by atoms with E-state index in [1.165, 1.54) is 45.2 Å². The van der Waals surface area contributed by atoms with Gasteiger partial charge >= 0.3 is 0 Å². The first kappa shape index (κ1) is 17.0. The van der Waals surface area contributed by atoms with Crippen LogP contribution in [0.1, 0.15) is 73.6 Å². The number of hydrogen-bond donors (Lipinski definition) is 0. The highest BCUT2D eigenvalue weighted by atomic mass is 15.1. The first-order chi connectivity index (χ1) is 8.63. The third kappa shape index (κ3) is 5.45. The summed E-state index contributed by atoms with van der Waals surface area (Å²) in [6.07, 6.45) is 6.98.